The highest BCUT2D eigenvalue weighted by Crippen LogP contribution is 2.31. The van der Waals surface area contributed by atoms with Crippen molar-refractivity contribution >= 4 is 17.2 Å². The molecule has 0 fully saturated rings. The standard InChI is InChI=1S/C17H18N2O2/c1-11-4-5-16(15(18)7-11)19-13-8-12(9-14(20)10-13)17-3-2-6-21-17/h2-8,12,19H,9-10,18H2,1H3/t12-/m1/s1. The molecule has 1 atom stereocenters. The summed E-state index contributed by atoms with van der Waals surface area (Å²) in [6, 6.07) is 9.59. The number of Topliss-reactive ketones (excluding diaryl/α,β-unsaturated/α-hetero) is 1. The second-order valence-electron chi connectivity index (χ2n) is 5.45. The monoisotopic (exact) mass is 282 g/mol. The van der Waals surface area contributed by atoms with Crippen LogP contribution in [0.25, 0.3) is 0 Å². The van der Waals surface area contributed by atoms with E-state index in [1.807, 2.05) is 37.3 Å². The van der Waals surface area contributed by atoms with Gasteiger partial charge in [-0.2, -0.15) is 0 Å². The van der Waals surface area contributed by atoms with Crippen LogP contribution in [0.15, 0.2) is 52.8 Å². The average molecular weight is 282 g/mol. The molecule has 108 valence electrons. The van der Waals surface area contributed by atoms with Crippen molar-refractivity contribution < 1.29 is 9.21 Å². The number of carbonyl (C=O) groups excluding carboxylic acids is 1. The lowest BCUT2D eigenvalue weighted by molar-refractivity contribution is -0.119. The number of rotatable bonds is 3. The lowest BCUT2D eigenvalue weighted by Gasteiger charge is -2.21. The first-order chi connectivity index (χ1) is 10.1. The van der Waals surface area contributed by atoms with Gasteiger partial charge in [0.05, 0.1) is 17.6 Å². The molecule has 1 aliphatic rings. The van der Waals surface area contributed by atoms with Crippen molar-refractivity contribution in [3.63, 3.8) is 0 Å². The highest BCUT2D eigenvalue weighted by atomic mass is 16.3. The van der Waals surface area contributed by atoms with Crippen molar-refractivity contribution in [3.8, 4) is 0 Å². The predicted octanol–water partition coefficient (Wildman–Crippen LogP) is 3.61. The molecule has 1 aromatic carbocycles. The molecule has 0 saturated carbocycles. The van der Waals surface area contributed by atoms with Crippen LogP contribution in [0, 0.1) is 6.92 Å². The molecular formula is C17H18N2O2. The van der Waals surface area contributed by atoms with Crippen LogP contribution in [0.1, 0.15) is 30.1 Å². The van der Waals surface area contributed by atoms with Crippen LogP contribution in [0.4, 0.5) is 11.4 Å². The van der Waals surface area contributed by atoms with Crippen LogP contribution >= 0.6 is 0 Å². The number of allylic oxidation sites excluding steroid dienone is 2. The van der Waals surface area contributed by atoms with E-state index in [0.717, 1.165) is 22.7 Å². The minimum Gasteiger partial charge on any atom is -0.469 e. The van der Waals surface area contributed by atoms with Gasteiger partial charge in [0.1, 0.15) is 11.5 Å². The van der Waals surface area contributed by atoms with Gasteiger partial charge < -0.3 is 15.5 Å². The maximum atomic E-state index is 12.0. The first kappa shape index (κ1) is 13.5. The third-order valence-electron chi connectivity index (χ3n) is 3.65. The number of hydrogen-bond acceptors (Lipinski definition) is 4. The lowest BCUT2D eigenvalue weighted by atomic mass is 9.90. The highest BCUT2D eigenvalue weighted by Gasteiger charge is 2.23. The zero-order valence-electron chi connectivity index (χ0n) is 11.9. The van der Waals surface area contributed by atoms with E-state index in [0.29, 0.717) is 18.5 Å². The largest absolute Gasteiger partial charge is 0.469 e. The molecular weight excluding hydrogens is 264 g/mol. The summed E-state index contributed by atoms with van der Waals surface area (Å²) in [7, 11) is 0. The Labute approximate surface area is 123 Å². The molecule has 0 unspecified atom stereocenters. The summed E-state index contributed by atoms with van der Waals surface area (Å²) in [6.07, 6.45) is 4.58. The van der Waals surface area contributed by atoms with Gasteiger partial charge in [-0.3, -0.25) is 4.79 Å². The molecule has 4 heteroatoms. The minimum absolute atomic E-state index is 0.00424. The summed E-state index contributed by atoms with van der Waals surface area (Å²) < 4.78 is 5.41. The Bertz CT molecular complexity index is 687. The van der Waals surface area contributed by atoms with Crippen molar-refractivity contribution in [1.29, 1.82) is 0 Å². The van der Waals surface area contributed by atoms with Gasteiger partial charge in [0, 0.05) is 24.5 Å². The van der Waals surface area contributed by atoms with Crippen LogP contribution in [0.5, 0.6) is 0 Å². The molecule has 1 aromatic heterocycles. The number of nitrogens with two attached hydrogens (primary N) is 1. The van der Waals surface area contributed by atoms with Crippen molar-refractivity contribution in [3.05, 3.63) is 59.7 Å². The summed E-state index contributed by atoms with van der Waals surface area (Å²) in [5, 5.41) is 3.27. The van der Waals surface area contributed by atoms with Crippen molar-refractivity contribution in [1.82, 2.24) is 0 Å². The van der Waals surface area contributed by atoms with Gasteiger partial charge >= 0.3 is 0 Å². The number of anilines is 2. The molecule has 1 heterocycles. The van der Waals surface area contributed by atoms with Gasteiger partial charge in [-0.05, 0) is 36.8 Å². The summed E-state index contributed by atoms with van der Waals surface area (Å²) in [5.74, 6) is 1.02. The van der Waals surface area contributed by atoms with E-state index in [-0.39, 0.29) is 11.7 Å². The van der Waals surface area contributed by atoms with Crippen LogP contribution < -0.4 is 11.1 Å². The van der Waals surface area contributed by atoms with Gasteiger partial charge in [0.15, 0.2) is 0 Å². The third kappa shape index (κ3) is 2.99. The molecule has 0 spiro atoms. The Kier molecular flexibility index (Phi) is 3.52. The van der Waals surface area contributed by atoms with Crippen LogP contribution in [-0.4, -0.2) is 5.78 Å². The van der Waals surface area contributed by atoms with Gasteiger partial charge in [0.25, 0.3) is 0 Å². The molecule has 0 saturated heterocycles. The van der Waals surface area contributed by atoms with E-state index in [1.165, 1.54) is 0 Å². The Morgan fingerprint density at radius 2 is 2.19 bits per heavy atom. The zero-order valence-corrected chi connectivity index (χ0v) is 11.9. The minimum atomic E-state index is -0.00424. The van der Waals surface area contributed by atoms with E-state index < -0.39 is 0 Å². The molecule has 2 aromatic rings. The van der Waals surface area contributed by atoms with Crippen LogP contribution in [0.2, 0.25) is 0 Å². The number of ketones is 1. The fourth-order valence-electron chi connectivity index (χ4n) is 2.63. The summed E-state index contributed by atoms with van der Waals surface area (Å²) in [6.45, 7) is 2.00. The van der Waals surface area contributed by atoms with Crippen molar-refractivity contribution in [2.75, 3.05) is 11.1 Å². The number of nitrogens with one attached hydrogen (secondary N) is 1. The highest BCUT2D eigenvalue weighted by molar-refractivity contribution is 5.85. The van der Waals surface area contributed by atoms with E-state index in [2.05, 4.69) is 11.4 Å². The molecule has 3 N–H and O–H groups in total. The van der Waals surface area contributed by atoms with Crippen molar-refractivity contribution in [2.24, 2.45) is 0 Å². The summed E-state index contributed by atoms with van der Waals surface area (Å²) in [5.41, 5.74) is 9.52. The number of benzene rings is 1. The smallest absolute Gasteiger partial charge is 0.139 e. The molecule has 1 aliphatic carbocycles. The van der Waals surface area contributed by atoms with Gasteiger partial charge in [-0.25, -0.2) is 0 Å². The maximum absolute atomic E-state index is 12.0. The second-order valence-corrected chi connectivity index (χ2v) is 5.45. The fourth-order valence-corrected chi connectivity index (χ4v) is 2.63. The maximum Gasteiger partial charge on any atom is 0.139 e. The number of hydrogen-bond donors (Lipinski definition) is 2. The van der Waals surface area contributed by atoms with Gasteiger partial charge in [-0.1, -0.05) is 12.1 Å². The average Bonchev–Trinajstić information content (AvgIpc) is 2.95. The first-order valence-electron chi connectivity index (χ1n) is 7.01. The molecule has 0 aliphatic heterocycles. The molecule has 0 amide bonds. The van der Waals surface area contributed by atoms with Crippen LogP contribution in [0.3, 0.4) is 0 Å². The number of nitrogen functional groups attached to an aromatic ring is 1. The second kappa shape index (κ2) is 5.48. The topological polar surface area (TPSA) is 68.3 Å². The number of carbonyl (C=O) groups is 1. The van der Waals surface area contributed by atoms with Gasteiger partial charge in [0.2, 0.25) is 0 Å². The van der Waals surface area contributed by atoms with Gasteiger partial charge in [-0.15, -0.1) is 0 Å². The third-order valence-corrected chi connectivity index (χ3v) is 3.65. The molecule has 0 radical (unpaired) electrons. The zero-order chi connectivity index (χ0) is 14.8. The fraction of sp³-hybridized carbons (Fsp3) is 0.235. The van der Waals surface area contributed by atoms with Crippen LogP contribution in [-0.2, 0) is 4.79 Å². The number of aryl methyl sites for hydroxylation is 1. The molecule has 3 rings (SSSR count). The van der Waals surface area contributed by atoms with E-state index in [4.69, 9.17) is 10.2 Å². The molecule has 0 bridgehead atoms. The number of furan rings is 1. The summed E-state index contributed by atoms with van der Waals surface area (Å²) >= 11 is 0. The van der Waals surface area contributed by atoms with E-state index in [9.17, 15) is 4.79 Å². The SMILES string of the molecule is Cc1ccc(NC2=C[C@@H](c3ccco3)CC(=O)C2)c(N)c1. The van der Waals surface area contributed by atoms with E-state index >= 15 is 0 Å². The molecule has 21 heavy (non-hydrogen) atoms. The normalized spacial score (nSPS) is 18.4. The Morgan fingerprint density at radius 3 is 2.90 bits per heavy atom. The first-order valence-corrected chi connectivity index (χ1v) is 7.01. The van der Waals surface area contributed by atoms with E-state index in [1.54, 1.807) is 6.26 Å². The van der Waals surface area contributed by atoms with Crippen molar-refractivity contribution in [2.45, 2.75) is 25.7 Å². The lowest BCUT2D eigenvalue weighted by Crippen LogP contribution is -2.17. The Morgan fingerprint density at radius 1 is 1.33 bits per heavy atom. The summed E-state index contributed by atoms with van der Waals surface area (Å²) in [4.78, 5) is 12.0. The molecule has 4 nitrogen and oxygen atoms in total. The Hall–Kier alpha value is -2.49. The quantitative estimate of drug-likeness (QED) is 0.844. The Balaban J connectivity index is 1.85. The predicted molar refractivity (Wildman–Crippen MR) is 83.0 cm³/mol.